The van der Waals surface area contributed by atoms with Gasteiger partial charge in [0.2, 0.25) is 0 Å². The molecule has 0 bridgehead atoms. The molecule has 0 aliphatic carbocycles. The SMILES string of the molecule is CCN(CC)c1ccc2cc(/C(C)=N\NC(N)=S)c(=O)oc2c1. The first kappa shape index (κ1) is 17.0. The van der Waals surface area contributed by atoms with Crippen LogP contribution < -0.4 is 21.7 Å². The molecule has 1 aromatic carbocycles. The van der Waals surface area contributed by atoms with Gasteiger partial charge in [-0.2, -0.15) is 5.10 Å². The van der Waals surface area contributed by atoms with Crippen molar-refractivity contribution in [2.75, 3.05) is 18.0 Å². The molecular formula is C16H20N4O2S. The van der Waals surface area contributed by atoms with Crippen molar-refractivity contribution < 1.29 is 4.42 Å². The van der Waals surface area contributed by atoms with Gasteiger partial charge in [-0.25, -0.2) is 4.79 Å². The van der Waals surface area contributed by atoms with E-state index < -0.39 is 5.63 Å². The topological polar surface area (TPSA) is 83.9 Å². The van der Waals surface area contributed by atoms with Crippen molar-refractivity contribution in [3.05, 3.63) is 40.2 Å². The molecule has 0 aliphatic heterocycles. The number of nitrogens with zero attached hydrogens (tertiary/aromatic N) is 2. The Bertz CT molecular complexity index is 809. The number of hydrogen-bond donors (Lipinski definition) is 2. The van der Waals surface area contributed by atoms with Crippen LogP contribution in [0.3, 0.4) is 0 Å². The van der Waals surface area contributed by atoms with Crippen LogP contribution in [0.15, 0.2) is 38.6 Å². The second-order valence-electron chi connectivity index (χ2n) is 5.02. The van der Waals surface area contributed by atoms with Gasteiger partial charge in [-0.15, -0.1) is 0 Å². The van der Waals surface area contributed by atoms with Gasteiger partial charge < -0.3 is 15.1 Å². The third-order valence-electron chi connectivity index (χ3n) is 3.57. The second-order valence-corrected chi connectivity index (χ2v) is 5.46. The van der Waals surface area contributed by atoms with Crippen molar-refractivity contribution in [2.45, 2.75) is 20.8 Å². The maximum absolute atomic E-state index is 12.2. The molecule has 7 heteroatoms. The number of fused-ring (bicyclic) bond motifs is 1. The van der Waals surface area contributed by atoms with Gasteiger partial charge in [0.05, 0.1) is 11.3 Å². The minimum Gasteiger partial charge on any atom is -0.422 e. The van der Waals surface area contributed by atoms with Gasteiger partial charge in [-0.1, -0.05) is 0 Å². The van der Waals surface area contributed by atoms with Gasteiger partial charge in [0, 0.05) is 30.2 Å². The largest absolute Gasteiger partial charge is 0.422 e. The summed E-state index contributed by atoms with van der Waals surface area (Å²) in [7, 11) is 0. The van der Waals surface area contributed by atoms with Crippen molar-refractivity contribution in [3.8, 4) is 0 Å². The van der Waals surface area contributed by atoms with Gasteiger partial charge in [0.25, 0.3) is 0 Å². The molecule has 6 nitrogen and oxygen atoms in total. The molecule has 0 atom stereocenters. The van der Waals surface area contributed by atoms with Crippen LogP contribution in [-0.4, -0.2) is 23.9 Å². The van der Waals surface area contributed by atoms with Crippen LogP contribution in [0.25, 0.3) is 11.0 Å². The lowest BCUT2D eigenvalue weighted by molar-refractivity contribution is 0.559. The molecule has 23 heavy (non-hydrogen) atoms. The van der Waals surface area contributed by atoms with E-state index in [1.165, 1.54) is 0 Å². The lowest BCUT2D eigenvalue weighted by atomic mass is 10.1. The molecule has 2 rings (SSSR count). The monoisotopic (exact) mass is 332 g/mol. The number of thiocarbonyl (C=S) groups is 1. The van der Waals surface area contributed by atoms with Gasteiger partial charge in [-0.05, 0) is 51.2 Å². The quantitative estimate of drug-likeness (QED) is 0.378. The molecule has 0 unspecified atom stereocenters. The zero-order valence-electron chi connectivity index (χ0n) is 13.4. The van der Waals surface area contributed by atoms with E-state index in [0.717, 1.165) is 24.2 Å². The minimum atomic E-state index is -0.444. The van der Waals surface area contributed by atoms with Gasteiger partial charge >= 0.3 is 5.63 Å². The van der Waals surface area contributed by atoms with Crippen LogP contribution in [0, 0.1) is 0 Å². The van der Waals surface area contributed by atoms with Crippen LogP contribution >= 0.6 is 12.2 Å². The number of anilines is 1. The summed E-state index contributed by atoms with van der Waals surface area (Å²) in [5, 5.41) is 4.84. The van der Waals surface area contributed by atoms with Gasteiger partial charge in [0.15, 0.2) is 5.11 Å². The van der Waals surface area contributed by atoms with Crippen molar-refractivity contribution in [3.63, 3.8) is 0 Å². The number of nitrogens with one attached hydrogen (secondary N) is 1. The zero-order chi connectivity index (χ0) is 17.0. The first-order valence-corrected chi connectivity index (χ1v) is 7.80. The average Bonchev–Trinajstić information content (AvgIpc) is 2.53. The maximum Gasteiger partial charge on any atom is 0.345 e. The van der Waals surface area contributed by atoms with Crippen molar-refractivity contribution in [1.82, 2.24) is 5.43 Å². The van der Waals surface area contributed by atoms with E-state index in [1.807, 2.05) is 18.2 Å². The van der Waals surface area contributed by atoms with Crippen molar-refractivity contribution in [1.29, 1.82) is 0 Å². The molecule has 122 valence electrons. The average molecular weight is 332 g/mol. The molecule has 1 heterocycles. The lowest BCUT2D eigenvalue weighted by Crippen LogP contribution is -2.26. The third kappa shape index (κ3) is 3.87. The van der Waals surface area contributed by atoms with E-state index in [4.69, 9.17) is 10.2 Å². The van der Waals surface area contributed by atoms with Gasteiger partial charge in [-0.3, -0.25) is 5.43 Å². The third-order valence-corrected chi connectivity index (χ3v) is 3.66. The molecular weight excluding hydrogens is 312 g/mol. The number of nitrogens with two attached hydrogens (primary N) is 1. The highest BCUT2D eigenvalue weighted by Crippen LogP contribution is 2.22. The summed E-state index contributed by atoms with van der Waals surface area (Å²) < 4.78 is 5.45. The molecule has 0 radical (unpaired) electrons. The highest BCUT2D eigenvalue weighted by Gasteiger charge is 2.10. The van der Waals surface area contributed by atoms with E-state index in [9.17, 15) is 4.79 Å². The lowest BCUT2D eigenvalue weighted by Gasteiger charge is -2.21. The van der Waals surface area contributed by atoms with Crippen LogP contribution in [0.5, 0.6) is 0 Å². The highest BCUT2D eigenvalue weighted by molar-refractivity contribution is 7.80. The fourth-order valence-corrected chi connectivity index (χ4v) is 2.38. The van der Waals surface area contributed by atoms with Crippen LogP contribution in [0.2, 0.25) is 0 Å². The number of rotatable bonds is 5. The first-order valence-electron chi connectivity index (χ1n) is 7.39. The smallest absolute Gasteiger partial charge is 0.345 e. The molecule has 0 aliphatic rings. The van der Waals surface area contributed by atoms with Crippen LogP contribution in [0.4, 0.5) is 5.69 Å². The summed E-state index contributed by atoms with van der Waals surface area (Å²) in [4.78, 5) is 14.4. The molecule has 0 fully saturated rings. The molecule has 0 spiro atoms. The molecule has 0 saturated carbocycles. The predicted molar refractivity (Wildman–Crippen MR) is 98.2 cm³/mol. The normalized spacial score (nSPS) is 11.5. The molecule has 1 aromatic heterocycles. The van der Waals surface area contributed by atoms with Gasteiger partial charge in [0.1, 0.15) is 5.58 Å². The Hall–Kier alpha value is -2.41. The fraction of sp³-hybridized carbons (Fsp3) is 0.312. The second kappa shape index (κ2) is 7.23. The minimum absolute atomic E-state index is 0.0402. The Labute approximate surface area is 140 Å². The Morgan fingerprint density at radius 1 is 1.35 bits per heavy atom. The van der Waals surface area contributed by atoms with Crippen molar-refractivity contribution in [2.24, 2.45) is 10.8 Å². The van der Waals surface area contributed by atoms with E-state index >= 15 is 0 Å². The van der Waals surface area contributed by atoms with Crippen LogP contribution in [-0.2, 0) is 0 Å². The Morgan fingerprint density at radius 3 is 2.65 bits per heavy atom. The number of hydrogen-bond acceptors (Lipinski definition) is 5. The number of benzene rings is 1. The summed E-state index contributed by atoms with van der Waals surface area (Å²) in [6.07, 6.45) is 0. The van der Waals surface area contributed by atoms with E-state index in [1.54, 1.807) is 13.0 Å². The van der Waals surface area contributed by atoms with Crippen LogP contribution in [0.1, 0.15) is 26.3 Å². The standard InChI is InChI=1S/C16H20N4O2S/c1-4-20(5-2)12-7-6-11-8-13(10(3)18-19-16(17)23)15(21)22-14(11)9-12/h6-9H,4-5H2,1-3H3,(H3,17,19,23)/b18-10-. The summed E-state index contributed by atoms with van der Waals surface area (Å²) in [5.74, 6) is 0. The molecule has 0 saturated heterocycles. The Kier molecular flexibility index (Phi) is 5.33. The Balaban J connectivity index is 2.47. The zero-order valence-corrected chi connectivity index (χ0v) is 14.2. The van der Waals surface area contributed by atoms with E-state index in [2.05, 4.69) is 41.5 Å². The number of hydrazone groups is 1. The first-order chi connectivity index (χ1) is 11.0. The summed E-state index contributed by atoms with van der Waals surface area (Å²) in [5.41, 5.74) is 9.76. The molecule has 0 amide bonds. The summed E-state index contributed by atoms with van der Waals surface area (Å²) in [6.45, 7) is 7.64. The van der Waals surface area contributed by atoms with E-state index in [0.29, 0.717) is 16.9 Å². The Morgan fingerprint density at radius 2 is 2.04 bits per heavy atom. The predicted octanol–water partition coefficient (Wildman–Crippen LogP) is 2.20. The molecule has 2 aromatic rings. The summed E-state index contributed by atoms with van der Waals surface area (Å²) in [6, 6.07) is 7.59. The molecule has 3 N–H and O–H groups in total. The van der Waals surface area contributed by atoms with Crippen molar-refractivity contribution >= 4 is 39.7 Å². The highest BCUT2D eigenvalue weighted by atomic mass is 32.1. The fourth-order valence-electron chi connectivity index (χ4n) is 2.34. The summed E-state index contributed by atoms with van der Waals surface area (Å²) >= 11 is 4.69. The van der Waals surface area contributed by atoms with E-state index in [-0.39, 0.29) is 5.11 Å². The maximum atomic E-state index is 12.2.